The van der Waals surface area contributed by atoms with Crippen molar-refractivity contribution in [2.75, 3.05) is 13.2 Å². The van der Waals surface area contributed by atoms with E-state index in [1.807, 2.05) is 65.0 Å². The molecule has 7 heteroatoms. The van der Waals surface area contributed by atoms with Crippen LogP contribution < -0.4 is 5.56 Å². The molecule has 1 aromatic heterocycles. The number of ether oxygens (including phenoxy) is 1. The van der Waals surface area contributed by atoms with Gasteiger partial charge in [-0.05, 0) is 81.2 Å². The predicted octanol–water partition coefficient (Wildman–Crippen LogP) is 4.44. The average Bonchev–Trinajstić information content (AvgIpc) is 3.23. The number of hydrogen-bond donors (Lipinski definition) is 1. The zero-order valence-electron chi connectivity index (χ0n) is 20.0. The van der Waals surface area contributed by atoms with Gasteiger partial charge in [0.25, 0.3) is 5.56 Å². The summed E-state index contributed by atoms with van der Waals surface area (Å²) in [4.78, 5) is 16.3. The van der Waals surface area contributed by atoms with E-state index < -0.39 is 10.0 Å². The molecule has 2 heterocycles. The zero-order chi connectivity index (χ0) is 23.9. The topological polar surface area (TPSA) is 79.5 Å². The summed E-state index contributed by atoms with van der Waals surface area (Å²) in [6.07, 6.45) is 1.55. The maximum atomic E-state index is 13.9. The van der Waals surface area contributed by atoms with E-state index >= 15 is 0 Å². The van der Waals surface area contributed by atoms with Gasteiger partial charge in [-0.25, -0.2) is 8.42 Å². The van der Waals surface area contributed by atoms with Gasteiger partial charge in [-0.2, -0.15) is 4.31 Å². The van der Waals surface area contributed by atoms with Crippen molar-refractivity contribution in [2.45, 2.75) is 65.0 Å². The van der Waals surface area contributed by atoms with E-state index in [2.05, 4.69) is 4.98 Å². The summed E-state index contributed by atoms with van der Waals surface area (Å²) in [6.45, 7) is 10.4. The normalized spacial score (nSPS) is 16.7. The molecule has 2 aromatic carbocycles. The van der Waals surface area contributed by atoms with E-state index in [-0.39, 0.29) is 24.8 Å². The van der Waals surface area contributed by atoms with Gasteiger partial charge in [0.15, 0.2) is 0 Å². The molecule has 1 aliphatic heterocycles. The van der Waals surface area contributed by atoms with Crippen molar-refractivity contribution in [3.05, 3.63) is 74.1 Å². The van der Waals surface area contributed by atoms with Crippen LogP contribution in [-0.2, 0) is 21.3 Å². The number of rotatable bonds is 6. The largest absolute Gasteiger partial charge is 0.377 e. The molecule has 0 radical (unpaired) electrons. The Morgan fingerprint density at radius 1 is 1.03 bits per heavy atom. The van der Waals surface area contributed by atoms with Gasteiger partial charge >= 0.3 is 0 Å². The second kappa shape index (κ2) is 9.05. The Bertz CT molecular complexity index is 1350. The number of fused-ring (bicyclic) bond motifs is 1. The number of nitrogens with zero attached hydrogens (tertiary/aromatic N) is 1. The summed E-state index contributed by atoms with van der Waals surface area (Å²) in [6, 6.07) is 9.56. The van der Waals surface area contributed by atoms with E-state index in [1.54, 1.807) is 0 Å². The minimum atomic E-state index is -3.85. The number of aryl methyl sites for hydroxylation is 5. The Labute approximate surface area is 195 Å². The molecular formula is C26H32N2O4S. The third-order valence-electron chi connectivity index (χ3n) is 6.61. The van der Waals surface area contributed by atoms with Crippen LogP contribution in [0.2, 0.25) is 0 Å². The van der Waals surface area contributed by atoms with Crippen LogP contribution in [0.3, 0.4) is 0 Å². The number of pyridine rings is 1. The highest BCUT2D eigenvalue weighted by atomic mass is 32.2. The van der Waals surface area contributed by atoms with Crippen molar-refractivity contribution >= 4 is 20.9 Å². The van der Waals surface area contributed by atoms with Gasteiger partial charge in [0.2, 0.25) is 10.0 Å². The molecule has 0 spiro atoms. The van der Waals surface area contributed by atoms with E-state index in [9.17, 15) is 13.2 Å². The third kappa shape index (κ3) is 4.63. The van der Waals surface area contributed by atoms with Crippen LogP contribution >= 0.6 is 0 Å². The molecule has 1 atom stereocenters. The molecule has 0 amide bonds. The van der Waals surface area contributed by atoms with E-state index in [4.69, 9.17) is 4.74 Å². The number of aromatic amines is 1. The predicted molar refractivity (Wildman–Crippen MR) is 131 cm³/mol. The second-order valence-electron chi connectivity index (χ2n) is 9.26. The number of hydrogen-bond acceptors (Lipinski definition) is 4. The summed E-state index contributed by atoms with van der Waals surface area (Å²) in [5.41, 5.74) is 5.51. The summed E-state index contributed by atoms with van der Waals surface area (Å²) < 4.78 is 35.0. The smallest absolute Gasteiger partial charge is 0.252 e. The lowest BCUT2D eigenvalue weighted by Crippen LogP contribution is -2.39. The van der Waals surface area contributed by atoms with Crippen LogP contribution in [0.5, 0.6) is 0 Å². The Hall–Kier alpha value is -2.48. The standard InChI is InChI=1S/C26H32N2O4S/c1-16-11-18(3)25(19(4)12-16)33(30,31)28(15-23-7-6-10-32-23)14-22-13-21-9-8-17(2)20(5)24(21)27-26(22)29/h8-9,11-13,23H,6-7,10,14-15H2,1-5H3,(H,27,29). The van der Waals surface area contributed by atoms with Crippen molar-refractivity contribution in [1.29, 1.82) is 0 Å². The first-order valence-electron chi connectivity index (χ1n) is 11.4. The number of aromatic nitrogens is 1. The molecule has 3 aromatic rings. The highest BCUT2D eigenvalue weighted by Gasteiger charge is 2.32. The van der Waals surface area contributed by atoms with E-state index in [0.29, 0.717) is 28.2 Å². The number of sulfonamides is 1. The van der Waals surface area contributed by atoms with Crippen LogP contribution in [0.1, 0.15) is 46.2 Å². The van der Waals surface area contributed by atoms with Gasteiger partial charge in [-0.3, -0.25) is 4.79 Å². The molecule has 33 heavy (non-hydrogen) atoms. The molecule has 4 rings (SSSR count). The lowest BCUT2D eigenvalue weighted by atomic mass is 10.0. The molecule has 176 valence electrons. The fourth-order valence-corrected chi connectivity index (χ4v) is 6.70. The Balaban J connectivity index is 1.79. The fourth-order valence-electron chi connectivity index (χ4n) is 4.84. The summed E-state index contributed by atoms with van der Waals surface area (Å²) >= 11 is 0. The van der Waals surface area contributed by atoms with Crippen LogP contribution in [0, 0.1) is 34.6 Å². The Morgan fingerprint density at radius 2 is 1.73 bits per heavy atom. The molecule has 6 nitrogen and oxygen atoms in total. The van der Waals surface area contributed by atoms with Crippen molar-refractivity contribution in [3.63, 3.8) is 0 Å². The molecular weight excluding hydrogens is 436 g/mol. The van der Waals surface area contributed by atoms with Crippen LogP contribution in [0.25, 0.3) is 10.9 Å². The quantitative estimate of drug-likeness (QED) is 0.580. The molecule has 0 saturated carbocycles. The maximum absolute atomic E-state index is 13.9. The van der Waals surface area contributed by atoms with Crippen molar-refractivity contribution in [3.8, 4) is 0 Å². The van der Waals surface area contributed by atoms with Gasteiger partial charge < -0.3 is 9.72 Å². The first-order valence-corrected chi connectivity index (χ1v) is 12.8. The second-order valence-corrected chi connectivity index (χ2v) is 11.1. The molecule has 1 unspecified atom stereocenters. The molecule has 1 N–H and O–H groups in total. The summed E-state index contributed by atoms with van der Waals surface area (Å²) in [5, 5.41) is 0.893. The molecule has 0 aliphatic carbocycles. The van der Waals surface area contributed by atoms with Gasteiger partial charge in [-0.15, -0.1) is 0 Å². The first-order chi connectivity index (χ1) is 15.6. The lowest BCUT2D eigenvalue weighted by Gasteiger charge is -2.26. The zero-order valence-corrected chi connectivity index (χ0v) is 20.8. The highest BCUT2D eigenvalue weighted by molar-refractivity contribution is 7.89. The van der Waals surface area contributed by atoms with Crippen LogP contribution in [0.4, 0.5) is 0 Å². The molecule has 0 bridgehead atoms. The molecule has 1 fully saturated rings. The van der Waals surface area contributed by atoms with Crippen molar-refractivity contribution in [2.24, 2.45) is 0 Å². The first kappa shape index (κ1) is 23.7. The average molecular weight is 469 g/mol. The third-order valence-corrected chi connectivity index (χ3v) is 8.73. The van der Waals surface area contributed by atoms with Gasteiger partial charge in [0.05, 0.1) is 16.5 Å². The number of H-pyrrole nitrogens is 1. The van der Waals surface area contributed by atoms with Gasteiger partial charge in [0, 0.05) is 25.3 Å². The fraction of sp³-hybridized carbons (Fsp3) is 0.423. The van der Waals surface area contributed by atoms with Gasteiger partial charge in [0.1, 0.15) is 0 Å². The minimum absolute atomic E-state index is 0.00680. The maximum Gasteiger partial charge on any atom is 0.252 e. The lowest BCUT2D eigenvalue weighted by molar-refractivity contribution is 0.0925. The van der Waals surface area contributed by atoms with E-state index in [1.165, 1.54) is 4.31 Å². The van der Waals surface area contributed by atoms with E-state index in [0.717, 1.165) is 40.4 Å². The highest BCUT2D eigenvalue weighted by Crippen LogP contribution is 2.28. The summed E-state index contributed by atoms with van der Waals surface area (Å²) in [5.74, 6) is 0. The Kier molecular flexibility index (Phi) is 6.49. The number of nitrogens with one attached hydrogen (secondary N) is 1. The molecule has 1 saturated heterocycles. The number of benzene rings is 2. The van der Waals surface area contributed by atoms with Crippen molar-refractivity contribution in [1.82, 2.24) is 9.29 Å². The Morgan fingerprint density at radius 3 is 2.36 bits per heavy atom. The SMILES string of the molecule is Cc1cc(C)c(S(=O)(=O)N(Cc2cc3ccc(C)c(C)c3[nH]c2=O)CC2CCCO2)c(C)c1. The summed E-state index contributed by atoms with van der Waals surface area (Å²) in [7, 11) is -3.85. The van der Waals surface area contributed by atoms with Crippen molar-refractivity contribution < 1.29 is 13.2 Å². The van der Waals surface area contributed by atoms with Crippen LogP contribution in [-0.4, -0.2) is 37.0 Å². The monoisotopic (exact) mass is 468 g/mol. The molecule has 1 aliphatic rings. The van der Waals surface area contributed by atoms with Gasteiger partial charge in [-0.1, -0.05) is 29.8 Å². The van der Waals surface area contributed by atoms with Crippen LogP contribution in [0.15, 0.2) is 40.0 Å². The minimum Gasteiger partial charge on any atom is -0.377 e.